The molecule has 0 aromatic rings. The fraction of sp³-hybridized carbons (Fsp3) is 0.769. The van der Waals surface area contributed by atoms with Crippen molar-refractivity contribution in [2.45, 2.75) is 25.7 Å². The number of carboxylic acid groups (broad SMARTS) is 1. The van der Waals surface area contributed by atoms with Crippen LogP contribution >= 0.6 is 0 Å². The Balaban J connectivity index is 2.17. The van der Waals surface area contributed by atoms with Gasteiger partial charge in [0.05, 0.1) is 0 Å². The Bertz CT molecular complexity index is 290. The Kier molecular flexibility index (Phi) is 3.33. The van der Waals surface area contributed by atoms with Gasteiger partial charge in [-0.25, -0.2) is 0 Å². The van der Waals surface area contributed by atoms with Gasteiger partial charge < -0.3 is 10.8 Å². The van der Waals surface area contributed by atoms with E-state index in [1.54, 1.807) is 0 Å². The van der Waals surface area contributed by atoms with E-state index < -0.39 is 5.97 Å². The monoisotopic (exact) mass is 223 g/mol. The predicted octanol–water partition coefficient (Wildman–Crippen LogP) is 1.88. The fourth-order valence-corrected chi connectivity index (χ4v) is 4.03. The molecule has 2 fully saturated rings. The zero-order chi connectivity index (χ0) is 11.7. The highest BCUT2D eigenvalue weighted by Gasteiger charge is 2.48. The van der Waals surface area contributed by atoms with Crippen molar-refractivity contribution in [2.24, 2.45) is 35.3 Å². The molecule has 5 atom stereocenters. The van der Waals surface area contributed by atoms with Gasteiger partial charge in [-0.2, -0.15) is 0 Å². The van der Waals surface area contributed by atoms with Gasteiger partial charge in [-0.05, 0) is 55.4 Å². The summed E-state index contributed by atoms with van der Waals surface area (Å²) in [5.74, 6) is 1.79. The third-order valence-corrected chi connectivity index (χ3v) is 4.60. The third kappa shape index (κ3) is 1.88. The molecule has 0 aliphatic heterocycles. The van der Waals surface area contributed by atoms with Crippen LogP contribution in [0.5, 0.6) is 0 Å². The Morgan fingerprint density at radius 3 is 2.75 bits per heavy atom. The van der Waals surface area contributed by atoms with E-state index in [9.17, 15) is 4.79 Å². The van der Waals surface area contributed by atoms with Crippen molar-refractivity contribution in [2.75, 3.05) is 6.54 Å². The zero-order valence-corrected chi connectivity index (χ0v) is 9.64. The van der Waals surface area contributed by atoms with E-state index in [4.69, 9.17) is 10.8 Å². The Hall–Kier alpha value is -0.830. The van der Waals surface area contributed by atoms with Crippen LogP contribution in [-0.2, 0) is 4.79 Å². The van der Waals surface area contributed by atoms with Crippen LogP contribution in [-0.4, -0.2) is 17.6 Å². The number of aliphatic carboxylic acids is 1. The molecule has 0 aromatic carbocycles. The van der Waals surface area contributed by atoms with Crippen LogP contribution in [0.4, 0.5) is 0 Å². The lowest BCUT2D eigenvalue weighted by molar-refractivity contribution is -0.138. The number of rotatable bonds is 4. The summed E-state index contributed by atoms with van der Waals surface area (Å²) < 4.78 is 0. The normalized spacial score (nSPS) is 41.9. The Morgan fingerprint density at radius 2 is 2.19 bits per heavy atom. The van der Waals surface area contributed by atoms with Crippen LogP contribution in [0.2, 0.25) is 0 Å². The van der Waals surface area contributed by atoms with Crippen LogP contribution < -0.4 is 5.73 Å². The van der Waals surface area contributed by atoms with Crippen molar-refractivity contribution < 1.29 is 9.90 Å². The van der Waals surface area contributed by atoms with Crippen LogP contribution in [0.15, 0.2) is 12.7 Å². The van der Waals surface area contributed by atoms with Crippen LogP contribution in [0, 0.1) is 29.6 Å². The zero-order valence-electron chi connectivity index (χ0n) is 9.64. The molecule has 2 rings (SSSR count). The molecule has 2 bridgehead atoms. The smallest absolute Gasteiger partial charge is 0.303 e. The molecular formula is C13H21NO2. The van der Waals surface area contributed by atoms with Crippen molar-refractivity contribution in [1.82, 2.24) is 0 Å². The van der Waals surface area contributed by atoms with Crippen molar-refractivity contribution in [3.8, 4) is 0 Å². The van der Waals surface area contributed by atoms with Crippen molar-refractivity contribution >= 4 is 5.97 Å². The first-order valence-electron chi connectivity index (χ1n) is 6.21. The first kappa shape index (κ1) is 11.6. The highest BCUT2D eigenvalue weighted by Crippen LogP contribution is 2.54. The van der Waals surface area contributed by atoms with Crippen LogP contribution in [0.3, 0.4) is 0 Å². The summed E-state index contributed by atoms with van der Waals surface area (Å²) >= 11 is 0. The average Bonchev–Trinajstić information content (AvgIpc) is 2.48. The molecule has 3 N–H and O–H groups in total. The number of carboxylic acids is 1. The molecule has 16 heavy (non-hydrogen) atoms. The summed E-state index contributed by atoms with van der Waals surface area (Å²) in [6, 6.07) is 0. The van der Waals surface area contributed by atoms with Gasteiger partial charge in [0.25, 0.3) is 0 Å². The summed E-state index contributed by atoms with van der Waals surface area (Å²) in [6.07, 6.45) is 5.78. The van der Waals surface area contributed by atoms with E-state index in [2.05, 4.69) is 6.58 Å². The SMILES string of the molecule is C=C[C@H]1[C@H]2CC[C@H](CN)[C@@H]1[C@H](CC(=O)O)C2. The van der Waals surface area contributed by atoms with E-state index in [0.717, 1.165) is 6.42 Å². The lowest BCUT2D eigenvalue weighted by atomic mass is 9.70. The molecule has 0 unspecified atom stereocenters. The summed E-state index contributed by atoms with van der Waals surface area (Å²) in [6.45, 7) is 4.61. The average molecular weight is 223 g/mol. The molecule has 2 aliphatic rings. The largest absolute Gasteiger partial charge is 0.481 e. The minimum atomic E-state index is -0.670. The lowest BCUT2D eigenvalue weighted by Gasteiger charge is -2.35. The summed E-state index contributed by atoms with van der Waals surface area (Å²) in [5.41, 5.74) is 5.82. The molecule has 90 valence electrons. The minimum Gasteiger partial charge on any atom is -0.481 e. The van der Waals surface area contributed by atoms with Crippen LogP contribution in [0.1, 0.15) is 25.7 Å². The first-order valence-corrected chi connectivity index (χ1v) is 6.21. The second-order valence-electron chi connectivity index (χ2n) is 5.32. The van der Waals surface area contributed by atoms with Gasteiger partial charge in [0, 0.05) is 6.42 Å². The number of nitrogens with two attached hydrogens (primary N) is 1. The molecule has 3 heteroatoms. The standard InChI is InChI=1S/C13H21NO2/c1-2-11-8-3-4-9(7-14)13(11)10(5-8)6-12(15)16/h2,8-11,13H,1,3-7,14H2,(H,15,16)/t8-,9+,10-,11-,13+/m0/s1. The maximum Gasteiger partial charge on any atom is 0.303 e. The molecular weight excluding hydrogens is 202 g/mol. The second kappa shape index (κ2) is 4.58. The highest BCUT2D eigenvalue weighted by molar-refractivity contribution is 5.67. The van der Waals surface area contributed by atoms with Gasteiger partial charge in [-0.15, -0.1) is 6.58 Å². The van der Waals surface area contributed by atoms with Crippen molar-refractivity contribution in [3.05, 3.63) is 12.7 Å². The van der Waals surface area contributed by atoms with E-state index in [0.29, 0.717) is 42.6 Å². The summed E-state index contributed by atoms with van der Waals surface area (Å²) in [4.78, 5) is 10.9. The minimum absolute atomic E-state index is 0.308. The van der Waals surface area contributed by atoms with Crippen LogP contribution in [0.25, 0.3) is 0 Å². The second-order valence-corrected chi connectivity index (χ2v) is 5.32. The van der Waals surface area contributed by atoms with Gasteiger partial charge in [0.15, 0.2) is 0 Å². The number of hydrogen-bond acceptors (Lipinski definition) is 2. The van der Waals surface area contributed by atoms with Gasteiger partial charge in [-0.3, -0.25) is 4.79 Å². The van der Waals surface area contributed by atoms with E-state index in [-0.39, 0.29) is 0 Å². The number of hydrogen-bond donors (Lipinski definition) is 2. The van der Waals surface area contributed by atoms with Gasteiger partial charge in [-0.1, -0.05) is 6.08 Å². The maximum absolute atomic E-state index is 10.9. The van der Waals surface area contributed by atoms with Crippen molar-refractivity contribution in [1.29, 1.82) is 0 Å². The van der Waals surface area contributed by atoms with Gasteiger partial charge >= 0.3 is 5.97 Å². The molecule has 0 spiro atoms. The molecule has 0 aromatic heterocycles. The van der Waals surface area contributed by atoms with Gasteiger partial charge in [0.2, 0.25) is 0 Å². The predicted molar refractivity (Wildman–Crippen MR) is 62.8 cm³/mol. The topological polar surface area (TPSA) is 63.3 Å². The lowest BCUT2D eigenvalue weighted by Crippen LogP contribution is -2.34. The molecule has 0 saturated heterocycles. The molecule has 3 nitrogen and oxygen atoms in total. The molecule has 0 heterocycles. The summed E-state index contributed by atoms with van der Waals surface area (Å²) in [7, 11) is 0. The number of fused-ring (bicyclic) bond motifs is 2. The van der Waals surface area contributed by atoms with Gasteiger partial charge in [0.1, 0.15) is 0 Å². The molecule has 2 aliphatic carbocycles. The quantitative estimate of drug-likeness (QED) is 0.715. The first-order chi connectivity index (χ1) is 7.67. The Labute approximate surface area is 96.7 Å². The van der Waals surface area contributed by atoms with E-state index in [1.807, 2.05) is 6.08 Å². The fourth-order valence-electron chi connectivity index (χ4n) is 4.03. The van der Waals surface area contributed by atoms with E-state index >= 15 is 0 Å². The Morgan fingerprint density at radius 1 is 1.44 bits per heavy atom. The van der Waals surface area contributed by atoms with E-state index in [1.165, 1.54) is 12.8 Å². The molecule has 0 radical (unpaired) electrons. The highest BCUT2D eigenvalue weighted by atomic mass is 16.4. The summed E-state index contributed by atoms with van der Waals surface area (Å²) in [5, 5.41) is 8.95. The molecule has 2 saturated carbocycles. The number of carbonyl (C=O) groups is 1. The van der Waals surface area contributed by atoms with Crippen molar-refractivity contribution in [3.63, 3.8) is 0 Å². The maximum atomic E-state index is 10.9. The molecule has 0 amide bonds. The number of allylic oxidation sites excluding steroid dienone is 1. The third-order valence-electron chi connectivity index (χ3n) is 4.60.